The topological polar surface area (TPSA) is 21.3 Å². The van der Waals surface area contributed by atoms with Crippen LogP contribution in [0.3, 0.4) is 0 Å². The molecule has 1 N–H and O–H groups in total. The first-order valence-electron chi connectivity index (χ1n) is 7.01. The van der Waals surface area contributed by atoms with Crippen LogP contribution in [-0.4, -0.2) is 20.2 Å². The molecule has 2 unspecified atom stereocenters. The minimum Gasteiger partial charge on any atom is -0.497 e. The van der Waals surface area contributed by atoms with Crippen LogP contribution in [0, 0.1) is 11.8 Å². The second-order valence-electron chi connectivity index (χ2n) is 5.21. The van der Waals surface area contributed by atoms with Gasteiger partial charge in [0.15, 0.2) is 0 Å². The summed E-state index contributed by atoms with van der Waals surface area (Å²) in [5, 5.41) is 3.50. The fourth-order valence-electron chi connectivity index (χ4n) is 2.08. The Kier molecular flexibility index (Phi) is 6.81. The Morgan fingerprint density at radius 2 is 2.00 bits per heavy atom. The molecule has 0 fully saturated rings. The summed E-state index contributed by atoms with van der Waals surface area (Å²) in [5.41, 5.74) is 1.36. The zero-order chi connectivity index (χ0) is 13.4. The van der Waals surface area contributed by atoms with E-state index in [1.165, 1.54) is 12.0 Å². The number of methoxy groups -OCH3 is 1. The largest absolute Gasteiger partial charge is 0.497 e. The second kappa shape index (κ2) is 8.15. The van der Waals surface area contributed by atoms with Gasteiger partial charge < -0.3 is 10.1 Å². The summed E-state index contributed by atoms with van der Waals surface area (Å²) >= 11 is 0. The molecule has 0 spiro atoms. The highest BCUT2D eigenvalue weighted by molar-refractivity contribution is 5.28. The van der Waals surface area contributed by atoms with E-state index in [0.29, 0.717) is 11.8 Å². The smallest absolute Gasteiger partial charge is 0.119 e. The van der Waals surface area contributed by atoms with Crippen LogP contribution in [0.25, 0.3) is 0 Å². The highest BCUT2D eigenvalue weighted by Crippen LogP contribution is 2.20. The molecule has 0 bridgehead atoms. The average molecular weight is 249 g/mol. The lowest BCUT2D eigenvalue weighted by atomic mass is 9.89. The van der Waals surface area contributed by atoms with Crippen molar-refractivity contribution in [1.29, 1.82) is 0 Å². The van der Waals surface area contributed by atoms with E-state index in [2.05, 4.69) is 44.3 Å². The van der Waals surface area contributed by atoms with Crippen LogP contribution in [0.5, 0.6) is 5.75 Å². The molecule has 18 heavy (non-hydrogen) atoms. The molecule has 0 saturated carbocycles. The third kappa shape index (κ3) is 5.09. The lowest BCUT2D eigenvalue weighted by Crippen LogP contribution is -2.26. The molecule has 0 aliphatic rings. The van der Waals surface area contributed by atoms with Crippen LogP contribution in [0.4, 0.5) is 0 Å². The van der Waals surface area contributed by atoms with Crippen molar-refractivity contribution in [2.75, 3.05) is 20.2 Å². The van der Waals surface area contributed by atoms with Gasteiger partial charge in [0.1, 0.15) is 5.75 Å². The molecule has 2 nitrogen and oxygen atoms in total. The van der Waals surface area contributed by atoms with Crippen LogP contribution < -0.4 is 10.1 Å². The third-order valence-corrected chi connectivity index (χ3v) is 3.56. The molecule has 1 aromatic rings. The summed E-state index contributed by atoms with van der Waals surface area (Å²) in [6.45, 7) is 9.10. The number of hydrogen-bond acceptors (Lipinski definition) is 2. The van der Waals surface area contributed by atoms with Crippen LogP contribution >= 0.6 is 0 Å². The maximum Gasteiger partial charge on any atom is 0.119 e. The van der Waals surface area contributed by atoms with Gasteiger partial charge in [-0.1, -0.05) is 32.9 Å². The van der Waals surface area contributed by atoms with Gasteiger partial charge in [0.05, 0.1) is 7.11 Å². The minimum absolute atomic E-state index is 0.682. The first-order chi connectivity index (χ1) is 8.67. The van der Waals surface area contributed by atoms with E-state index in [4.69, 9.17) is 4.74 Å². The number of nitrogens with one attached hydrogen (secondary N) is 1. The van der Waals surface area contributed by atoms with Crippen molar-refractivity contribution in [2.24, 2.45) is 11.8 Å². The van der Waals surface area contributed by atoms with E-state index < -0.39 is 0 Å². The van der Waals surface area contributed by atoms with Crippen molar-refractivity contribution in [3.05, 3.63) is 29.8 Å². The first kappa shape index (κ1) is 15.0. The van der Waals surface area contributed by atoms with Crippen molar-refractivity contribution in [3.8, 4) is 5.75 Å². The zero-order valence-electron chi connectivity index (χ0n) is 12.2. The van der Waals surface area contributed by atoms with Gasteiger partial charge in [-0.25, -0.2) is 0 Å². The molecule has 0 aromatic heterocycles. The Morgan fingerprint density at radius 1 is 1.22 bits per heavy atom. The molecule has 0 radical (unpaired) electrons. The van der Waals surface area contributed by atoms with Crippen molar-refractivity contribution in [3.63, 3.8) is 0 Å². The lowest BCUT2D eigenvalue weighted by molar-refractivity contribution is 0.364. The Hall–Kier alpha value is -1.02. The summed E-state index contributed by atoms with van der Waals surface area (Å²) in [7, 11) is 1.72. The fraction of sp³-hybridized carbons (Fsp3) is 0.625. The van der Waals surface area contributed by atoms with Crippen LogP contribution in [0.2, 0.25) is 0 Å². The highest BCUT2D eigenvalue weighted by Gasteiger charge is 2.12. The Balaban J connectivity index is 2.44. The van der Waals surface area contributed by atoms with Crippen molar-refractivity contribution < 1.29 is 4.74 Å². The molecule has 0 heterocycles. The SMILES string of the molecule is CCCNCC(C)C(C)Cc1cccc(OC)c1. The van der Waals surface area contributed by atoms with E-state index in [1.54, 1.807) is 7.11 Å². The maximum atomic E-state index is 5.26. The second-order valence-corrected chi connectivity index (χ2v) is 5.21. The maximum absolute atomic E-state index is 5.26. The van der Waals surface area contributed by atoms with Gasteiger partial charge in [-0.3, -0.25) is 0 Å². The number of benzene rings is 1. The van der Waals surface area contributed by atoms with Crippen molar-refractivity contribution in [1.82, 2.24) is 5.32 Å². The summed E-state index contributed by atoms with van der Waals surface area (Å²) in [5.74, 6) is 2.33. The minimum atomic E-state index is 0.682. The molecular weight excluding hydrogens is 222 g/mol. The zero-order valence-corrected chi connectivity index (χ0v) is 12.2. The van der Waals surface area contributed by atoms with Gasteiger partial charge >= 0.3 is 0 Å². The Bertz CT molecular complexity index is 338. The Labute approximate surface area is 112 Å². The predicted molar refractivity (Wildman–Crippen MR) is 78.2 cm³/mol. The quantitative estimate of drug-likeness (QED) is 0.712. The summed E-state index contributed by atoms with van der Waals surface area (Å²) < 4.78 is 5.26. The molecule has 102 valence electrons. The third-order valence-electron chi connectivity index (χ3n) is 3.56. The van der Waals surface area contributed by atoms with Crippen LogP contribution in [-0.2, 0) is 6.42 Å². The van der Waals surface area contributed by atoms with E-state index in [-0.39, 0.29) is 0 Å². The van der Waals surface area contributed by atoms with Gasteiger partial charge in [0, 0.05) is 0 Å². The van der Waals surface area contributed by atoms with Crippen molar-refractivity contribution in [2.45, 2.75) is 33.6 Å². The molecule has 1 rings (SSSR count). The van der Waals surface area contributed by atoms with Crippen LogP contribution in [0.15, 0.2) is 24.3 Å². The molecule has 0 saturated heterocycles. The average Bonchev–Trinajstić information content (AvgIpc) is 2.39. The van der Waals surface area contributed by atoms with Crippen LogP contribution in [0.1, 0.15) is 32.8 Å². The van der Waals surface area contributed by atoms with E-state index in [0.717, 1.165) is 25.3 Å². The number of ether oxygens (including phenoxy) is 1. The molecule has 1 aromatic carbocycles. The molecule has 0 amide bonds. The normalized spacial score (nSPS) is 14.2. The predicted octanol–water partition coefficient (Wildman–Crippen LogP) is 3.51. The molecule has 0 aliphatic carbocycles. The molecule has 2 heteroatoms. The monoisotopic (exact) mass is 249 g/mol. The number of hydrogen-bond donors (Lipinski definition) is 1. The molecular formula is C16H27NO. The summed E-state index contributed by atoms with van der Waals surface area (Å²) in [6, 6.07) is 8.40. The fourth-order valence-corrected chi connectivity index (χ4v) is 2.08. The lowest BCUT2D eigenvalue weighted by Gasteiger charge is -2.20. The summed E-state index contributed by atoms with van der Waals surface area (Å²) in [4.78, 5) is 0. The first-order valence-corrected chi connectivity index (χ1v) is 7.01. The highest BCUT2D eigenvalue weighted by atomic mass is 16.5. The Morgan fingerprint density at radius 3 is 2.67 bits per heavy atom. The van der Waals surface area contributed by atoms with Crippen molar-refractivity contribution >= 4 is 0 Å². The van der Waals surface area contributed by atoms with Gasteiger partial charge in [-0.15, -0.1) is 0 Å². The van der Waals surface area contributed by atoms with E-state index in [9.17, 15) is 0 Å². The number of rotatable bonds is 8. The summed E-state index contributed by atoms with van der Waals surface area (Å²) in [6.07, 6.45) is 2.32. The van der Waals surface area contributed by atoms with E-state index in [1.807, 2.05) is 6.07 Å². The molecule has 2 atom stereocenters. The standard InChI is InChI=1S/C16H27NO/c1-5-9-17-12-14(3)13(2)10-15-7-6-8-16(11-15)18-4/h6-8,11,13-14,17H,5,9-10,12H2,1-4H3. The van der Waals surface area contributed by atoms with Gasteiger partial charge in [-0.2, -0.15) is 0 Å². The van der Waals surface area contributed by atoms with E-state index >= 15 is 0 Å². The van der Waals surface area contributed by atoms with Gasteiger partial charge in [0.25, 0.3) is 0 Å². The molecule has 0 aliphatic heterocycles. The van der Waals surface area contributed by atoms with Gasteiger partial charge in [0.2, 0.25) is 0 Å². The van der Waals surface area contributed by atoms with Gasteiger partial charge in [-0.05, 0) is 55.5 Å².